The molecule has 3 aromatic rings. The van der Waals surface area contributed by atoms with Crippen molar-refractivity contribution in [3.8, 4) is 0 Å². The SMILES string of the molecule is Cc1cc(Nc2ccc(F)cc2)nc(N2CCN(S(=O)(=O)c3ccc(C(=O)O)cc3)CC2)n1. The van der Waals surface area contributed by atoms with Gasteiger partial charge in [0.25, 0.3) is 0 Å². The Morgan fingerprint density at radius 1 is 1.00 bits per heavy atom. The maximum absolute atomic E-state index is 13.1. The van der Waals surface area contributed by atoms with E-state index in [1.807, 2.05) is 11.8 Å². The topological polar surface area (TPSA) is 116 Å². The van der Waals surface area contributed by atoms with Crippen LogP contribution in [0.3, 0.4) is 0 Å². The molecule has 1 saturated heterocycles. The number of anilines is 3. The molecule has 33 heavy (non-hydrogen) atoms. The van der Waals surface area contributed by atoms with Crippen LogP contribution in [0.5, 0.6) is 0 Å². The van der Waals surface area contributed by atoms with E-state index in [2.05, 4.69) is 15.3 Å². The number of aromatic nitrogens is 2. The Hall–Kier alpha value is -3.57. The van der Waals surface area contributed by atoms with Crippen LogP contribution in [-0.4, -0.2) is 59.9 Å². The molecule has 2 aromatic carbocycles. The first-order valence-electron chi connectivity index (χ1n) is 10.2. The van der Waals surface area contributed by atoms with E-state index in [0.717, 1.165) is 5.69 Å². The molecule has 0 bridgehead atoms. The summed E-state index contributed by atoms with van der Waals surface area (Å²) in [5, 5.41) is 12.1. The van der Waals surface area contributed by atoms with Crippen LogP contribution in [-0.2, 0) is 10.0 Å². The number of rotatable bonds is 6. The fraction of sp³-hybridized carbons (Fsp3) is 0.227. The molecule has 4 rings (SSSR count). The summed E-state index contributed by atoms with van der Waals surface area (Å²) in [6.07, 6.45) is 0. The maximum Gasteiger partial charge on any atom is 0.335 e. The molecular formula is C22H22FN5O4S. The average molecular weight is 472 g/mol. The van der Waals surface area contributed by atoms with Crippen LogP contribution in [0.2, 0.25) is 0 Å². The number of nitrogens with one attached hydrogen (secondary N) is 1. The first-order chi connectivity index (χ1) is 15.7. The zero-order valence-electron chi connectivity index (χ0n) is 17.8. The van der Waals surface area contributed by atoms with Gasteiger partial charge in [0.15, 0.2) is 0 Å². The molecule has 1 aliphatic rings. The highest BCUT2D eigenvalue weighted by Gasteiger charge is 2.29. The third-order valence-electron chi connectivity index (χ3n) is 5.22. The molecule has 1 fully saturated rings. The molecule has 0 atom stereocenters. The molecule has 2 N–H and O–H groups in total. The van der Waals surface area contributed by atoms with E-state index >= 15 is 0 Å². The molecule has 0 saturated carbocycles. The second-order valence-electron chi connectivity index (χ2n) is 7.55. The standard InChI is InChI=1S/C22H22FN5O4S/c1-15-14-20(25-18-6-4-17(23)5-7-18)26-22(24-15)27-10-12-28(13-11-27)33(31,32)19-8-2-16(3-9-19)21(29)30/h2-9,14H,10-13H2,1H3,(H,29,30)(H,24,25,26). The maximum atomic E-state index is 13.1. The van der Waals surface area contributed by atoms with Crippen molar-refractivity contribution in [3.05, 3.63) is 71.7 Å². The minimum Gasteiger partial charge on any atom is -0.478 e. The van der Waals surface area contributed by atoms with Crippen LogP contribution < -0.4 is 10.2 Å². The van der Waals surface area contributed by atoms with Gasteiger partial charge in [0.2, 0.25) is 16.0 Å². The lowest BCUT2D eigenvalue weighted by molar-refractivity contribution is 0.0696. The summed E-state index contributed by atoms with van der Waals surface area (Å²) in [5.74, 6) is -0.412. The third-order valence-corrected chi connectivity index (χ3v) is 7.13. The molecule has 1 aromatic heterocycles. The number of halogens is 1. The van der Waals surface area contributed by atoms with Gasteiger partial charge >= 0.3 is 5.97 Å². The van der Waals surface area contributed by atoms with Crippen molar-refractivity contribution in [1.82, 2.24) is 14.3 Å². The summed E-state index contributed by atoms with van der Waals surface area (Å²) < 4.78 is 40.4. The average Bonchev–Trinajstić information content (AvgIpc) is 2.80. The number of hydrogen-bond acceptors (Lipinski definition) is 7. The summed E-state index contributed by atoms with van der Waals surface area (Å²) in [7, 11) is -3.74. The van der Waals surface area contributed by atoms with E-state index in [0.29, 0.717) is 30.5 Å². The van der Waals surface area contributed by atoms with Gasteiger partial charge in [0, 0.05) is 43.6 Å². The molecule has 1 aliphatic heterocycles. The summed E-state index contributed by atoms with van der Waals surface area (Å²) >= 11 is 0. The van der Waals surface area contributed by atoms with E-state index in [-0.39, 0.29) is 29.4 Å². The van der Waals surface area contributed by atoms with Gasteiger partial charge in [0.05, 0.1) is 10.5 Å². The zero-order chi connectivity index (χ0) is 23.6. The number of hydrogen-bond donors (Lipinski definition) is 2. The van der Waals surface area contributed by atoms with Gasteiger partial charge < -0.3 is 15.3 Å². The summed E-state index contributed by atoms with van der Waals surface area (Å²) in [5.41, 5.74) is 1.45. The van der Waals surface area contributed by atoms with Crippen LogP contribution in [0.15, 0.2) is 59.5 Å². The molecule has 0 radical (unpaired) electrons. The molecule has 172 valence electrons. The number of carboxylic acid groups (broad SMARTS) is 1. The Balaban J connectivity index is 1.45. The molecule has 0 unspecified atom stereocenters. The van der Waals surface area contributed by atoms with Crippen LogP contribution in [0, 0.1) is 12.7 Å². The van der Waals surface area contributed by atoms with Crippen LogP contribution in [0.25, 0.3) is 0 Å². The first-order valence-corrected chi connectivity index (χ1v) is 11.6. The highest BCUT2D eigenvalue weighted by atomic mass is 32.2. The Bertz CT molecular complexity index is 1260. The quantitative estimate of drug-likeness (QED) is 0.564. The lowest BCUT2D eigenvalue weighted by atomic mass is 10.2. The molecule has 0 aliphatic carbocycles. The number of nitrogens with zero attached hydrogens (tertiary/aromatic N) is 4. The summed E-state index contributed by atoms with van der Waals surface area (Å²) in [6, 6.07) is 12.9. The molecule has 2 heterocycles. The zero-order valence-corrected chi connectivity index (χ0v) is 18.6. The molecular weight excluding hydrogens is 449 g/mol. The van der Waals surface area contributed by atoms with Gasteiger partial charge in [-0.1, -0.05) is 0 Å². The smallest absolute Gasteiger partial charge is 0.335 e. The van der Waals surface area contributed by atoms with Crippen molar-refractivity contribution in [2.75, 3.05) is 36.4 Å². The van der Waals surface area contributed by atoms with Crippen LogP contribution in [0.1, 0.15) is 16.1 Å². The van der Waals surface area contributed by atoms with Gasteiger partial charge in [-0.2, -0.15) is 9.29 Å². The van der Waals surface area contributed by atoms with Crippen molar-refractivity contribution in [1.29, 1.82) is 0 Å². The van der Waals surface area contributed by atoms with E-state index in [4.69, 9.17) is 5.11 Å². The largest absolute Gasteiger partial charge is 0.478 e. The van der Waals surface area contributed by atoms with Crippen molar-refractivity contribution >= 4 is 33.4 Å². The van der Waals surface area contributed by atoms with Crippen molar-refractivity contribution < 1.29 is 22.7 Å². The Kier molecular flexibility index (Phi) is 6.25. The van der Waals surface area contributed by atoms with Crippen LogP contribution >= 0.6 is 0 Å². The van der Waals surface area contributed by atoms with Gasteiger partial charge in [-0.25, -0.2) is 22.6 Å². The minimum absolute atomic E-state index is 0.0282. The van der Waals surface area contributed by atoms with E-state index in [1.165, 1.54) is 40.7 Å². The number of sulfonamides is 1. The lowest BCUT2D eigenvalue weighted by Gasteiger charge is -2.34. The molecule has 0 amide bonds. The van der Waals surface area contributed by atoms with Crippen LogP contribution in [0.4, 0.5) is 21.8 Å². The normalized spacial score (nSPS) is 14.8. The van der Waals surface area contributed by atoms with Crippen molar-refractivity contribution in [2.24, 2.45) is 0 Å². The highest BCUT2D eigenvalue weighted by molar-refractivity contribution is 7.89. The first kappa shape index (κ1) is 22.6. The fourth-order valence-corrected chi connectivity index (χ4v) is 4.91. The number of aryl methyl sites for hydroxylation is 1. The fourth-order valence-electron chi connectivity index (χ4n) is 3.49. The third kappa shape index (κ3) is 5.10. The van der Waals surface area contributed by atoms with Crippen molar-refractivity contribution in [2.45, 2.75) is 11.8 Å². The Morgan fingerprint density at radius 3 is 2.24 bits per heavy atom. The minimum atomic E-state index is -3.74. The molecule has 11 heteroatoms. The summed E-state index contributed by atoms with van der Waals surface area (Å²) in [6.45, 7) is 3.10. The van der Waals surface area contributed by atoms with Gasteiger partial charge in [-0.3, -0.25) is 0 Å². The number of carbonyl (C=O) groups is 1. The van der Waals surface area contributed by atoms with Gasteiger partial charge in [-0.05, 0) is 55.5 Å². The number of piperazine rings is 1. The van der Waals surface area contributed by atoms with Gasteiger partial charge in [-0.15, -0.1) is 0 Å². The van der Waals surface area contributed by atoms with E-state index in [9.17, 15) is 17.6 Å². The molecule has 0 spiro atoms. The monoisotopic (exact) mass is 471 g/mol. The number of aromatic carboxylic acids is 1. The highest BCUT2D eigenvalue weighted by Crippen LogP contribution is 2.22. The number of benzene rings is 2. The van der Waals surface area contributed by atoms with E-state index in [1.54, 1.807) is 18.2 Å². The second-order valence-corrected chi connectivity index (χ2v) is 9.49. The predicted molar refractivity (Wildman–Crippen MR) is 121 cm³/mol. The second kappa shape index (κ2) is 9.12. The predicted octanol–water partition coefficient (Wildman–Crippen LogP) is 2.88. The number of carboxylic acids is 1. The van der Waals surface area contributed by atoms with E-state index < -0.39 is 16.0 Å². The Morgan fingerprint density at radius 2 is 1.64 bits per heavy atom. The molecule has 9 nitrogen and oxygen atoms in total. The van der Waals surface area contributed by atoms with Gasteiger partial charge in [0.1, 0.15) is 11.6 Å². The Labute approximate surface area is 190 Å². The van der Waals surface area contributed by atoms with Crippen molar-refractivity contribution in [3.63, 3.8) is 0 Å². The lowest BCUT2D eigenvalue weighted by Crippen LogP contribution is -2.49. The summed E-state index contributed by atoms with van der Waals surface area (Å²) in [4.78, 5) is 22.0.